The number of nitrogen functional groups attached to an aromatic ring is 1. The number of nitrogens with two attached hydrogens (primary N) is 1. The Hall–Kier alpha value is -2.76. The summed E-state index contributed by atoms with van der Waals surface area (Å²) in [5, 5.41) is 3.77. The first-order valence-corrected chi connectivity index (χ1v) is 6.25. The average molecular weight is 287 g/mol. The van der Waals surface area contributed by atoms with Gasteiger partial charge in [-0.2, -0.15) is 4.98 Å². The van der Waals surface area contributed by atoms with Crippen molar-refractivity contribution in [2.75, 3.05) is 5.73 Å². The summed E-state index contributed by atoms with van der Waals surface area (Å²) >= 11 is 0. The molecule has 0 unspecified atom stereocenters. The summed E-state index contributed by atoms with van der Waals surface area (Å²) in [6.07, 6.45) is 0.287. The largest absolute Gasteiger partial charge is 0.398 e. The highest BCUT2D eigenvalue weighted by atomic mass is 19.1. The molecule has 106 valence electrons. The molecule has 0 saturated heterocycles. The van der Waals surface area contributed by atoms with Gasteiger partial charge in [-0.3, -0.25) is 0 Å². The molecular formula is C15H11F2N3O. The highest BCUT2D eigenvalue weighted by Crippen LogP contribution is 2.27. The molecule has 0 fully saturated rings. The summed E-state index contributed by atoms with van der Waals surface area (Å²) in [6, 6.07) is 10.4. The van der Waals surface area contributed by atoms with Crippen LogP contribution in [0.1, 0.15) is 11.4 Å². The number of rotatable bonds is 3. The predicted molar refractivity (Wildman–Crippen MR) is 73.3 cm³/mol. The van der Waals surface area contributed by atoms with Crippen LogP contribution in [0.4, 0.5) is 14.5 Å². The number of nitrogens with zero attached hydrogens (tertiary/aromatic N) is 2. The maximum Gasteiger partial charge on any atom is 0.263 e. The highest BCUT2D eigenvalue weighted by molar-refractivity contribution is 5.70. The van der Waals surface area contributed by atoms with E-state index in [0.717, 1.165) is 0 Å². The lowest BCUT2D eigenvalue weighted by molar-refractivity contribution is 0.422. The van der Waals surface area contributed by atoms with Gasteiger partial charge in [0, 0.05) is 12.1 Å². The molecule has 21 heavy (non-hydrogen) atoms. The Kier molecular flexibility index (Phi) is 3.35. The summed E-state index contributed by atoms with van der Waals surface area (Å²) in [7, 11) is 0. The third kappa shape index (κ3) is 2.74. The fourth-order valence-corrected chi connectivity index (χ4v) is 2.02. The Balaban J connectivity index is 1.90. The third-order valence-electron chi connectivity index (χ3n) is 2.98. The van der Waals surface area contributed by atoms with Crippen molar-refractivity contribution in [1.82, 2.24) is 10.1 Å². The first kappa shape index (κ1) is 13.2. The smallest absolute Gasteiger partial charge is 0.263 e. The van der Waals surface area contributed by atoms with Crippen LogP contribution in [-0.4, -0.2) is 10.1 Å². The van der Waals surface area contributed by atoms with Gasteiger partial charge in [-0.15, -0.1) is 0 Å². The minimum absolute atomic E-state index is 0.0111. The van der Waals surface area contributed by atoms with E-state index in [1.165, 1.54) is 24.3 Å². The van der Waals surface area contributed by atoms with E-state index in [4.69, 9.17) is 10.3 Å². The number of benzene rings is 2. The lowest BCUT2D eigenvalue weighted by Gasteiger charge is -2.00. The first-order valence-electron chi connectivity index (χ1n) is 6.25. The second kappa shape index (κ2) is 5.32. The van der Waals surface area contributed by atoms with Gasteiger partial charge in [-0.1, -0.05) is 23.4 Å². The molecule has 2 aromatic carbocycles. The number of halogens is 2. The minimum atomic E-state index is -0.532. The summed E-state index contributed by atoms with van der Waals surface area (Å²) in [5.41, 5.74) is 6.71. The highest BCUT2D eigenvalue weighted by Gasteiger charge is 2.16. The lowest BCUT2D eigenvalue weighted by atomic mass is 10.1. The van der Waals surface area contributed by atoms with Gasteiger partial charge < -0.3 is 10.3 Å². The SMILES string of the molecule is Nc1cccc(F)c1-c1nc(Cc2cccc(F)c2)no1. The van der Waals surface area contributed by atoms with Crippen molar-refractivity contribution in [2.24, 2.45) is 0 Å². The van der Waals surface area contributed by atoms with Crippen LogP contribution >= 0.6 is 0 Å². The molecule has 3 aromatic rings. The quantitative estimate of drug-likeness (QED) is 0.751. The Morgan fingerprint density at radius 2 is 1.90 bits per heavy atom. The van der Waals surface area contributed by atoms with E-state index < -0.39 is 5.82 Å². The van der Waals surface area contributed by atoms with E-state index in [1.54, 1.807) is 18.2 Å². The summed E-state index contributed by atoms with van der Waals surface area (Å²) < 4.78 is 31.9. The van der Waals surface area contributed by atoms with Crippen molar-refractivity contribution >= 4 is 5.69 Å². The lowest BCUT2D eigenvalue weighted by Crippen LogP contribution is -1.95. The number of aromatic nitrogens is 2. The normalized spacial score (nSPS) is 10.8. The van der Waals surface area contributed by atoms with Crippen molar-refractivity contribution in [3.8, 4) is 11.5 Å². The van der Waals surface area contributed by atoms with Crippen LogP contribution in [-0.2, 0) is 6.42 Å². The van der Waals surface area contributed by atoms with E-state index in [1.807, 2.05) is 0 Å². The average Bonchev–Trinajstić information content (AvgIpc) is 2.87. The summed E-state index contributed by atoms with van der Waals surface area (Å²) in [6.45, 7) is 0. The molecule has 0 bridgehead atoms. The summed E-state index contributed by atoms with van der Waals surface area (Å²) in [4.78, 5) is 4.11. The minimum Gasteiger partial charge on any atom is -0.398 e. The molecule has 2 N–H and O–H groups in total. The molecule has 0 amide bonds. The Bertz CT molecular complexity index is 766. The van der Waals surface area contributed by atoms with E-state index >= 15 is 0 Å². The molecule has 0 spiro atoms. The van der Waals surface area contributed by atoms with Crippen molar-refractivity contribution in [1.29, 1.82) is 0 Å². The number of hydrogen-bond donors (Lipinski definition) is 1. The van der Waals surface area contributed by atoms with Crippen molar-refractivity contribution in [3.63, 3.8) is 0 Å². The Labute approximate surface area is 119 Å². The Morgan fingerprint density at radius 1 is 1.10 bits per heavy atom. The zero-order valence-electron chi connectivity index (χ0n) is 10.9. The maximum absolute atomic E-state index is 13.8. The zero-order valence-corrected chi connectivity index (χ0v) is 10.9. The Morgan fingerprint density at radius 3 is 2.67 bits per heavy atom. The van der Waals surface area contributed by atoms with Crippen molar-refractivity contribution in [2.45, 2.75) is 6.42 Å². The molecule has 0 atom stereocenters. The molecule has 0 radical (unpaired) electrons. The van der Waals surface area contributed by atoms with E-state index in [2.05, 4.69) is 10.1 Å². The molecule has 0 saturated carbocycles. The molecule has 0 aliphatic heterocycles. The topological polar surface area (TPSA) is 64.9 Å². The molecule has 0 aliphatic rings. The summed E-state index contributed by atoms with van der Waals surface area (Å²) in [5.74, 6) is -0.527. The van der Waals surface area contributed by atoms with E-state index in [-0.39, 0.29) is 29.4 Å². The van der Waals surface area contributed by atoms with E-state index in [0.29, 0.717) is 11.4 Å². The van der Waals surface area contributed by atoms with Gasteiger partial charge in [0.1, 0.15) is 11.6 Å². The maximum atomic E-state index is 13.8. The van der Waals surface area contributed by atoms with Crippen LogP contribution in [0.5, 0.6) is 0 Å². The number of hydrogen-bond acceptors (Lipinski definition) is 4. The van der Waals surface area contributed by atoms with E-state index in [9.17, 15) is 8.78 Å². The predicted octanol–water partition coefficient (Wildman–Crippen LogP) is 3.19. The first-order chi connectivity index (χ1) is 10.1. The van der Waals surface area contributed by atoms with Gasteiger partial charge >= 0.3 is 0 Å². The molecule has 1 heterocycles. The van der Waals surface area contributed by atoms with Crippen LogP contribution in [0.2, 0.25) is 0 Å². The van der Waals surface area contributed by atoms with Gasteiger partial charge in [0.15, 0.2) is 5.82 Å². The molecule has 1 aromatic heterocycles. The van der Waals surface area contributed by atoms with Crippen LogP contribution in [0.3, 0.4) is 0 Å². The van der Waals surface area contributed by atoms with Gasteiger partial charge in [-0.05, 0) is 29.8 Å². The number of anilines is 1. The molecule has 3 rings (SSSR count). The van der Waals surface area contributed by atoms with Crippen LogP contribution in [0.15, 0.2) is 47.0 Å². The van der Waals surface area contributed by atoms with Crippen LogP contribution < -0.4 is 5.73 Å². The molecule has 6 heteroatoms. The van der Waals surface area contributed by atoms with Crippen LogP contribution in [0, 0.1) is 11.6 Å². The fraction of sp³-hybridized carbons (Fsp3) is 0.0667. The molecule has 4 nitrogen and oxygen atoms in total. The van der Waals surface area contributed by atoms with Crippen molar-refractivity contribution in [3.05, 3.63) is 65.5 Å². The molecule has 0 aliphatic carbocycles. The van der Waals surface area contributed by atoms with Crippen LogP contribution in [0.25, 0.3) is 11.5 Å². The second-order valence-corrected chi connectivity index (χ2v) is 4.53. The van der Waals surface area contributed by atoms with Crippen molar-refractivity contribution < 1.29 is 13.3 Å². The van der Waals surface area contributed by atoms with Gasteiger partial charge in [-0.25, -0.2) is 8.78 Å². The van der Waals surface area contributed by atoms with Gasteiger partial charge in [0.25, 0.3) is 5.89 Å². The van der Waals surface area contributed by atoms with Gasteiger partial charge in [0.2, 0.25) is 0 Å². The fourth-order valence-electron chi connectivity index (χ4n) is 2.02. The molecular weight excluding hydrogens is 276 g/mol. The standard InChI is InChI=1S/C15H11F2N3O/c16-10-4-1-3-9(7-10)8-13-19-15(21-20-13)14-11(17)5-2-6-12(14)18/h1-7H,8,18H2. The second-order valence-electron chi connectivity index (χ2n) is 4.53. The third-order valence-corrected chi connectivity index (χ3v) is 2.98. The zero-order chi connectivity index (χ0) is 14.8. The monoisotopic (exact) mass is 287 g/mol. The van der Waals surface area contributed by atoms with Gasteiger partial charge in [0.05, 0.1) is 5.56 Å².